The molecule has 2 aromatic rings. The summed E-state index contributed by atoms with van der Waals surface area (Å²) in [4.78, 5) is 48.7. The summed E-state index contributed by atoms with van der Waals surface area (Å²) in [6.07, 6.45) is -0.768. The van der Waals surface area contributed by atoms with Crippen LogP contribution >= 0.6 is 0 Å². The number of benzene rings is 2. The lowest BCUT2D eigenvalue weighted by molar-refractivity contribution is -0.141. The molecule has 0 fully saturated rings. The van der Waals surface area contributed by atoms with E-state index in [-0.39, 0.29) is 12.1 Å². The van der Waals surface area contributed by atoms with Crippen molar-refractivity contribution in [2.75, 3.05) is 4.90 Å². The highest BCUT2D eigenvalue weighted by molar-refractivity contribution is 6.04. The van der Waals surface area contributed by atoms with Crippen LogP contribution in [0.2, 0.25) is 0 Å². The number of urea groups is 1. The predicted molar refractivity (Wildman–Crippen MR) is 104 cm³/mol. The smallest absolute Gasteiger partial charge is 0.327 e. The largest absolute Gasteiger partial charge is 0.481 e. The van der Waals surface area contributed by atoms with Crippen LogP contribution < -0.4 is 16.0 Å². The van der Waals surface area contributed by atoms with Gasteiger partial charge < -0.3 is 21.3 Å². The Bertz CT molecular complexity index is 856. The van der Waals surface area contributed by atoms with E-state index in [1.165, 1.54) is 12.1 Å². The normalized spacial score (nSPS) is 12.4. The molecule has 5 N–H and O–H groups in total. The first-order valence-corrected chi connectivity index (χ1v) is 8.72. The Morgan fingerprint density at radius 1 is 0.931 bits per heavy atom. The van der Waals surface area contributed by atoms with Gasteiger partial charge >= 0.3 is 18.0 Å². The summed E-state index contributed by atoms with van der Waals surface area (Å²) in [6.45, 7) is 0. The molecule has 2 aromatic carbocycles. The van der Waals surface area contributed by atoms with Crippen molar-refractivity contribution >= 4 is 29.6 Å². The maximum absolute atomic E-state index is 13.2. The molecule has 29 heavy (non-hydrogen) atoms. The summed E-state index contributed by atoms with van der Waals surface area (Å²) in [5.41, 5.74) is 6.00. The number of carboxylic acids is 2. The minimum Gasteiger partial charge on any atom is -0.481 e. The molecule has 0 unspecified atom stereocenters. The molecule has 0 spiro atoms. The zero-order valence-electron chi connectivity index (χ0n) is 15.4. The van der Waals surface area contributed by atoms with Crippen LogP contribution in [0.5, 0.6) is 0 Å². The molecule has 0 aliphatic carbocycles. The molecule has 0 aromatic heterocycles. The van der Waals surface area contributed by atoms with Crippen LogP contribution in [-0.2, 0) is 20.8 Å². The maximum Gasteiger partial charge on any atom is 0.327 e. The summed E-state index contributed by atoms with van der Waals surface area (Å²) >= 11 is 0. The zero-order chi connectivity index (χ0) is 21.4. The Morgan fingerprint density at radius 3 is 1.97 bits per heavy atom. The predicted octanol–water partition coefficient (Wildman–Crippen LogP) is 1.23. The number of carbonyl (C=O) groups is 4. The van der Waals surface area contributed by atoms with Crippen LogP contribution in [0.15, 0.2) is 60.7 Å². The summed E-state index contributed by atoms with van der Waals surface area (Å²) in [7, 11) is 0. The first-order valence-electron chi connectivity index (χ1n) is 8.72. The van der Waals surface area contributed by atoms with Gasteiger partial charge in [0.05, 0.1) is 6.42 Å². The van der Waals surface area contributed by atoms with Gasteiger partial charge in [0, 0.05) is 12.1 Å². The van der Waals surface area contributed by atoms with Gasteiger partial charge in [-0.1, -0.05) is 48.5 Å². The number of hydrogen-bond donors (Lipinski definition) is 4. The van der Waals surface area contributed by atoms with E-state index in [0.29, 0.717) is 5.56 Å². The number of nitrogens with two attached hydrogens (primary N) is 1. The number of hydrogen-bond acceptors (Lipinski definition) is 4. The molecular formula is C20H21N3O6. The average Bonchev–Trinajstić information content (AvgIpc) is 2.67. The van der Waals surface area contributed by atoms with Crippen LogP contribution in [0.1, 0.15) is 12.0 Å². The van der Waals surface area contributed by atoms with Crippen molar-refractivity contribution in [3.8, 4) is 0 Å². The number of rotatable bonds is 9. The highest BCUT2D eigenvalue weighted by Crippen LogP contribution is 2.22. The lowest BCUT2D eigenvalue weighted by Crippen LogP contribution is -2.56. The minimum absolute atomic E-state index is 0.0207. The Morgan fingerprint density at radius 2 is 1.48 bits per heavy atom. The summed E-state index contributed by atoms with van der Waals surface area (Å²) in [6, 6.07) is 12.7. The Labute approximate surface area is 166 Å². The minimum atomic E-state index is -1.53. The quantitative estimate of drug-likeness (QED) is 0.498. The Kier molecular flexibility index (Phi) is 7.30. The van der Waals surface area contributed by atoms with Gasteiger partial charge in [-0.15, -0.1) is 0 Å². The van der Waals surface area contributed by atoms with Crippen molar-refractivity contribution in [3.05, 3.63) is 66.2 Å². The molecule has 2 atom stereocenters. The number of anilines is 1. The van der Waals surface area contributed by atoms with Gasteiger partial charge in [-0.05, 0) is 17.7 Å². The molecule has 0 saturated heterocycles. The lowest BCUT2D eigenvalue weighted by Gasteiger charge is -2.32. The van der Waals surface area contributed by atoms with E-state index < -0.39 is 42.4 Å². The second-order valence-electron chi connectivity index (χ2n) is 6.25. The molecular weight excluding hydrogens is 378 g/mol. The fraction of sp³-hybridized carbons (Fsp3) is 0.200. The van der Waals surface area contributed by atoms with Crippen molar-refractivity contribution in [1.82, 2.24) is 5.32 Å². The maximum atomic E-state index is 13.2. The van der Waals surface area contributed by atoms with Crippen LogP contribution in [-0.4, -0.2) is 46.2 Å². The van der Waals surface area contributed by atoms with E-state index in [1.807, 2.05) is 0 Å². The Balaban J connectivity index is 2.48. The van der Waals surface area contributed by atoms with E-state index in [2.05, 4.69) is 5.32 Å². The Hall–Kier alpha value is -3.88. The third-order valence-electron chi connectivity index (χ3n) is 4.13. The van der Waals surface area contributed by atoms with Gasteiger partial charge in [-0.3, -0.25) is 14.5 Å². The van der Waals surface area contributed by atoms with Gasteiger partial charge in [0.2, 0.25) is 0 Å². The lowest BCUT2D eigenvalue weighted by atomic mass is 10.0. The summed E-state index contributed by atoms with van der Waals surface area (Å²) in [5, 5.41) is 21.0. The van der Waals surface area contributed by atoms with E-state index in [4.69, 9.17) is 10.8 Å². The van der Waals surface area contributed by atoms with E-state index in [1.54, 1.807) is 48.5 Å². The number of primary amides is 1. The highest BCUT2D eigenvalue weighted by Gasteiger charge is 2.36. The number of carboxylic acid groups (broad SMARTS) is 2. The monoisotopic (exact) mass is 399 g/mol. The van der Waals surface area contributed by atoms with Crippen molar-refractivity contribution in [3.63, 3.8) is 0 Å². The van der Waals surface area contributed by atoms with E-state index in [9.17, 15) is 24.3 Å². The number of aliphatic carboxylic acids is 2. The third-order valence-corrected chi connectivity index (χ3v) is 4.13. The second-order valence-corrected chi connectivity index (χ2v) is 6.25. The summed E-state index contributed by atoms with van der Waals surface area (Å²) in [5.74, 6) is -3.51. The third kappa shape index (κ3) is 6.06. The van der Waals surface area contributed by atoms with Crippen molar-refractivity contribution in [2.45, 2.75) is 24.9 Å². The number of nitrogens with zero attached hydrogens (tertiary/aromatic N) is 1. The topological polar surface area (TPSA) is 150 Å². The molecule has 3 amide bonds. The second kappa shape index (κ2) is 9.88. The molecule has 0 radical (unpaired) electrons. The van der Waals surface area contributed by atoms with E-state index in [0.717, 1.165) is 4.90 Å². The number of carbonyl (C=O) groups excluding carboxylic acids is 2. The zero-order valence-corrected chi connectivity index (χ0v) is 15.4. The number of para-hydroxylation sites is 1. The number of amides is 3. The van der Waals surface area contributed by atoms with Crippen LogP contribution in [0.3, 0.4) is 0 Å². The molecule has 152 valence electrons. The SMILES string of the molecule is NC(=O)N[C@@H](CC(=O)O)C(=O)N(c1ccccc1)[C@@H](Cc1ccccc1)C(=O)O. The van der Waals surface area contributed by atoms with Crippen LogP contribution in [0.4, 0.5) is 10.5 Å². The fourth-order valence-corrected chi connectivity index (χ4v) is 2.89. The number of nitrogens with one attached hydrogen (secondary N) is 1. The van der Waals surface area contributed by atoms with Crippen LogP contribution in [0, 0.1) is 0 Å². The first-order chi connectivity index (χ1) is 13.8. The molecule has 0 aliphatic heterocycles. The molecule has 0 bridgehead atoms. The van der Waals surface area contributed by atoms with Gasteiger partial charge in [0.15, 0.2) is 0 Å². The molecule has 2 rings (SSSR count). The molecule has 0 heterocycles. The molecule has 0 aliphatic rings. The van der Waals surface area contributed by atoms with Gasteiger partial charge in [-0.25, -0.2) is 9.59 Å². The van der Waals surface area contributed by atoms with Crippen molar-refractivity contribution < 1.29 is 29.4 Å². The summed E-state index contributed by atoms with van der Waals surface area (Å²) < 4.78 is 0. The molecule has 0 saturated carbocycles. The molecule has 9 heteroatoms. The van der Waals surface area contributed by atoms with Gasteiger partial charge in [0.1, 0.15) is 12.1 Å². The van der Waals surface area contributed by atoms with Crippen molar-refractivity contribution in [2.24, 2.45) is 5.73 Å². The standard InChI is InChI=1S/C20H21N3O6/c21-20(29)22-15(12-17(24)25)18(26)23(14-9-5-2-6-10-14)16(19(27)28)11-13-7-3-1-4-8-13/h1-10,15-16H,11-12H2,(H,24,25)(H,27,28)(H3,21,22,29)/t15-,16-/m0/s1. The average molecular weight is 399 g/mol. The molecule has 9 nitrogen and oxygen atoms in total. The fourth-order valence-electron chi connectivity index (χ4n) is 2.89. The van der Waals surface area contributed by atoms with Crippen LogP contribution in [0.25, 0.3) is 0 Å². The van der Waals surface area contributed by atoms with E-state index >= 15 is 0 Å². The van der Waals surface area contributed by atoms with Crippen molar-refractivity contribution in [1.29, 1.82) is 0 Å². The van der Waals surface area contributed by atoms with Gasteiger partial charge in [-0.2, -0.15) is 0 Å². The first kappa shape index (κ1) is 21.4. The highest BCUT2D eigenvalue weighted by atomic mass is 16.4. The van der Waals surface area contributed by atoms with Gasteiger partial charge in [0.25, 0.3) is 5.91 Å².